The van der Waals surface area contributed by atoms with Gasteiger partial charge in [0.15, 0.2) is 5.13 Å². The molecule has 1 saturated heterocycles. The van der Waals surface area contributed by atoms with Crippen LogP contribution in [0, 0.1) is 5.92 Å². The molecular formula is C21H20N4O4S. The van der Waals surface area contributed by atoms with Gasteiger partial charge in [-0.05, 0) is 30.3 Å². The van der Waals surface area contributed by atoms with Crippen LogP contribution in [0.3, 0.4) is 0 Å². The summed E-state index contributed by atoms with van der Waals surface area (Å²) < 4.78 is 6.06. The molecule has 4 rings (SSSR count). The Hall–Kier alpha value is -3.46. The van der Waals surface area contributed by atoms with E-state index in [1.807, 2.05) is 18.2 Å². The number of methoxy groups -OCH3 is 1. The maximum absolute atomic E-state index is 12.7. The highest BCUT2D eigenvalue weighted by molar-refractivity contribution is 7.22. The van der Waals surface area contributed by atoms with Gasteiger partial charge >= 0.3 is 0 Å². The van der Waals surface area contributed by atoms with Crippen LogP contribution in [0.5, 0.6) is 5.75 Å². The lowest BCUT2D eigenvalue weighted by atomic mass is 10.1. The first-order valence-electron chi connectivity index (χ1n) is 9.36. The molecule has 9 heteroatoms. The van der Waals surface area contributed by atoms with Crippen molar-refractivity contribution in [1.29, 1.82) is 0 Å². The molecule has 2 aromatic carbocycles. The number of thiazole rings is 1. The quantitative estimate of drug-likeness (QED) is 0.655. The third kappa shape index (κ3) is 4.11. The first kappa shape index (κ1) is 19.8. The Morgan fingerprint density at radius 1 is 1.20 bits per heavy atom. The van der Waals surface area contributed by atoms with Gasteiger partial charge in [0.1, 0.15) is 5.75 Å². The van der Waals surface area contributed by atoms with Crippen molar-refractivity contribution in [3.05, 3.63) is 42.5 Å². The van der Waals surface area contributed by atoms with Crippen molar-refractivity contribution in [1.82, 2.24) is 4.98 Å². The minimum absolute atomic E-state index is 0.104. The van der Waals surface area contributed by atoms with Crippen molar-refractivity contribution in [2.45, 2.75) is 13.3 Å². The van der Waals surface area contributed by atoms with E-state index in [1.165, 1.54) is 18.3 Å². The summed E-state index contributed by atoms with van der Waals surface area (Å²) in [6.45, 7) is 1.75. The molecule has 1 aliphatic rings. The fourth-order valence-corrected chi connectivity index (χ4v) is 4.29. The molecule has 154 valence electrons. The third-order valence-electron chi connectivity index (χ3n) is 4.80. The van der Waals surface area contributed by atoms with Crippen molar-refractivity contribution in [2.24, 2.45) is 5.92 Å². The van der Waals surface area contributed by atoms with Gasteiger partial charge in [0.05, 0.1) is 23.2 Å². The van der Waals surface area contributed by atoms with Gasteiger partial charge in [-0.3, -0.25) is 14.4 Å². The van der Waals surface area contributed by atoms with Crippen molar-refractivity contribution in [2.75, 3.05) is 29.2 Å². The van der Waals surface area contributed by atoms with E-state index >= 15 is 0 Å². The number of hydrogen-bond acceptors (Lipinski definition) is 6. The van der Waals surface area contributed by atoms with E-state index in [0.717, 1.165) is 10.2 Å². The molecule has 30 heavy (non-hydrogen) atoms. The summed E-state index contributed by atoms with van der Waals surface area (Å²) in [5.41, 5.74) is 2.11. The van der Waals surface area contributed by atoms with Crippen molar-refractivity contribution >= 4 is 55.8 Å². The Kier molecular flexibility index (Phi) is 5.37. The van der Waals surface area contributed by atoms with Crippen LogP contribution in [0.15, 0.2) is 42.5 Å². The smallest absolute Gasteiger partial charge is 0.231 e. The lowest BCUT2D eigenvalue weighted by Crippen LogP contribution is -2.28. The second-order valence-corrected chi connectivity index (χ2v) is 8.01. The van der Waals surface area contributed by atoms with Crippen LogP contribution in [0.2, 0.25) is 0 Å². The molecule has 2 N–H and O–H groups in total. The minimum Gasteiger partial charge on any atom is -0.497 e. The van der Waals surface area contributed by atoms with Crippen LogP contribution in [-0.2, 0) is 14.4 Å². The first-order chi connectivity index (χ1) is 14.4. The van der Waals surface area contributed by atoms with Gasteiger partial charge in [-0.15, -0.1) is 0 Å². The number of hydrogen-bond donors (Lipinski definition) is 2. The monoisotopic (exact) mass is 424 g/mol. The zero-order chi connectivity index (χ0) is 21.3. The maximum atomic E-state index is 12.7. The summed E-state index contributed by atoms with van der Waals surface area (Å²) in [6, 6.07) is 12.6. The number of nitrogens with one attached hydrogen (secondary N) is 2. The zero-order valence-corrected chi connectivity index (χ0v) is 17.3. The normalized spacial score (nSPS) is 16.0. The van der Waals surface area contributed by atoms with Gasteiger partial charge in [0.2, 0.25) is 17.7 Å². The van der Waals surface area contributed by atoms with Crippen LogP contribution >= 0.6 is 11.3 Å². The van der Waals surface area contributed by atoms with Gasteiger partial charge in [0, 0.05) is 37.3 Å². The molecular weight excluding hydrogens is 404 g/mol. The molecule has 0 aliphatic carbocycles. The van der Waals surface area contributed by atoms with E-state index in [4.69, 9.17) is 4.74 Å². The summed E-state index contributed by atoms with van der Waals surface area (Å²) in [6.07, 6.45) is 0.140. The number of rotatable bonds is 5. The van der Waals surface area contributed by atoms with E-state index in [-0.39, 0.29) is 24.1 Å². The number of amides is 3. The second-order valence-electron chi connectivity index (χ2n) is 6.98. The van der Waals surface area contributed by atoms with Gasteiger partial charge in [-0.1, -0.05) is 17.4 Å². The van der Waals surface area contributed by atoms with Gasteiger partial charge < -0.3 is 20.3 Å². The Balaban J connectivity index is 1.46. The Labute approximate surface area is 176 Å². The molecule has 8 nitrogen and oxygen atoms in total. The molecule has 3 amide bonds. The molecule has 0 radical (unpaired) electrons. The summed E-state index contributed by atoms with van der Waals surface area (Å²) in [7, 11) is 1.57. The molecule has 3 aromatic rings. The highest BCUT2D eigenvalue weighted by Crippen LogP contribution is 2.31. The SMILES string of the molecule is COc1cccc(N2C[C@@H](C(=O)Nc3nc4ccc(NC(C)=O)cc4s3)CC2=O)c1. The van der Waals surface area contributed by atoms with E-state index in [0.29, 0.717) is 28.8 Å². The van der Waals surface area contributed by atoms with Crippen molar-refractivity contribution in [3.63, 3.8) is 0 Å². The average Bonchev–Trinajstić information content (AvgIpc) is 3.30. The molecule has 0 unspecified atom stereocenters. The maximum Gasteiger partial charge on any atom is 0.231 e. The number of nitrogens with zero attached hydrogens (tertiary/aromatic N) is 2. The van der Waals surface area contributed by atoms with Crippen LogP contribution in [-0.4, -0.2) is 36.4 Å². The summed E-state index contributed by atoms with van der Waals surface area (Å²) >= 11 is 1.32. The minimum atomic E-state index is -0.467. The molecule has 0 spiro atoms. The predicted octanol–water partition coefficient (Wildman–Crippen LogP) is 3.25. The topological polar surface area (TPSA) is 101 Å². The van der Waals surface area contributed by atoms with Gasteiger partial charge in [-0.2, -0.15) is 0 Å². The average molecular weight is 424 g/mol. The number of carbonyl (C=O) groups is 3. The summed E-state index contributed by atoms with van der Waals surface area (Å²) in [4.78, 5) is 42.5. The molecule has 1 atom stereocenters. The van der Waals surface area contributed by atoms with Gasteiger partial charge in [0.25, 0.3) is 0 Å². The first-order valence-corrected chi connectivity index (χ1v) is 10.2. The number of ether oxygens (including phenoxy) is 1. The standard InChI is InChI=1S/C21H20N4O4S/c1-12(26)22-14-6-7-17-18(9-14)30-21(23-17)24-20(28)13-8-19(27)25(11-13)15-4-3-5-16(10-15)29-2/h3-7,9-10,13H,8,11H2,1-2H3,(H,22,26)(H,23,24,28)/t13-/m0/s1. The number of anilines is 3. The highest BCUT2D eigenvalue weighted by atomic mass is 32.1. The number of benzene rings is 2. The molecule has 1 fully saturated rings. The molecule has 2 heterocycles. The Morgan fingerprint density at radius 2 is 2.03 bits per heavy atom. The highest BCUT2D eigenvalue weighted by Gasteiger charge is 2.35. The Bertz CT molecular complexity index is 1140. The Morgan fingerprint density at radius 3 is 2.80 bits per heavy atom. The lowest BCUT2D eigenvalue weighted by Gasteiger charge is -2.17. The van der Waals surface area contributed by atoms with E-state index in [9.17, 15) is 14.4 Å². The van der Waals surface area contributed by atoms with E-state index < -0.39 is 5.92 Å². The van der Waals surface area contributed by atoms with E-state index in [1.54, 1.807) is 36.3 Å². The van der Waals surface area contributed by atoms with Gasteiger partial charge in [-0.25, -0.2) is 4.98 Å². The summed E-state index contributed by atoms with van der Waals surface area (Å²) in [5, 5.41) is 6.01. The molecule has 1 aliphatic heterocycles. The van der Waals surface area contributed by atoms with Crippen LogP contribution in [0.4, 0.5) is 16.5 Å². The fraction of sp³-hybridized carbons (Fsp3) is 0.238. The molecule has 0 bridgehead atoms. The third-order valence-corrected chi connectivity index (χ3v) is 5.73. The van der Waals surface area contributed by atoms with Crippen LogP contribution in [0.25, 0.3) is 10.2 Å². The largest absolute Gasteiger partial charge is 0.497 e. The lowest BCUT2D eigenvalue weighted by molar-refractivity contribution is -0.122. The van der Waals surface area contributed by atoms with Crippen molar-refractivity contribution < 1.29 is 19.1 Å². The van der Waals surface area contributed by atoms with Crippen molar-refractivity contribution in [3.8, 4) is 5.75 Å². The number of fused-ring (bicyclic) bond motifs is 1. The van der Waals surface area contributed by atoms with Crippen LogP contribution in [0.1, 0.15) is 13.3 Å². The molecule has 1 aromatic heterocycles. The number of carbonyl (C=O) groups excluding carboxylic acids is 3. The predicted molar refractivity (Wildman–Crippen MR) is 116 cm³/mol. The molecule has 0 saturated carbocycles. The fourth-order valence-electron chi connectivity index (χ4n) is 3.38. The van der Waals surface area contributed by atoms with E-state index in [2.05, 4.69) is 15.6 Å². The second kappa shape index (κ2) is 8.11. The zero-order valence-electron chi connectivity index (χ0n) is 16.5. The number of aromatic nitrogens is 1. The van der Waals surface area contributed by atoms with Crippen LogP contribution < -0.4 is 20.3 Å². The summed E-state index contributed by atoms with van der Waals surface area (Å²) in [5.74, 6) is -0.312.